The van der Waals surface area contributed by atoms with E-state index in [9.17, 15) is 5.11 Å². The van der Waals surface area contributed by atoms with Crippen LogP contribution in [0.5, 0.6) is 5.75 Å². The van der Waals surface area contributed by atoms with Gasteiger partial charge in [-0.05, 0) is 52.0 Å². The number of likely N-dealkylation sites (tertiary alicyclic amines) is 1. The highest BCUT2D eigenvalue weighted by molar-refractivity contribution is 9.10. The highest BCUT2D eigenvalue weighted by Crippen LogP contribution is 2.28. The predicted molar refractivity (Wildman–Crippen MR) is 100 cm³/mol. The van der Waals surface area contributed by atoms with Gasteiger partial charge in [0.05, 0.1) is 17.7 Å². The first-order valence-corrected chi connectivity index (χ1v) is 9.22. The predicted octanol–water partition coefficient (Wildman–Crippen LogP) is 3.88. The molecule has 3 rings (SSSR count). The molecular formula is C20H24BrNO2. The summed E-state index contributed by atoms with van der Waals surface area (Å²) in [5.41, 5.74) is 2.56. The number of hydrogen-bond donors (Lipinski definition) is 1. The maximum Gasteiger partial charge on any atom is 0.133 e. The monoisotopic (exact) mass is 389 g/mol. The lowest BCUT2D eigenvalue weighted by atomic mass is 9.88. The smallest absolute Gasteiger partial charge is 0.133 e. The first kappa shape index (κ1) is 17.5. The fourth-order valence-electron chi connectivity index (χ4n) is 3.42. The summed E-state index contributed by atoms with van der Waals surface area (Å²) in [6, 6.07) is 16.7. The van der Waals surface area contributed by atoms with Crippen LogP contribution in [0.25, 0.3) is 0 Å². The minimum absolute atomic E-state index is 0.224. The summed E-state index contributed by atoms with van der Waals surface area (Å²) in [4.78, 5) is 2.45. The minimum Gasteiger partial charge on any atom is -0.496 e. The first-order chi connectivity index (χ1) is 11.7. The number of nitrogens with zero attached hydrogens (tertiary/aromatic N) is 1. The fourth-order valence-corrected chi connectivity index (χ4v) is 4.01. The van der Waals surface area contributed by atoms with Crippen molar-refractivity contribution >= 4 is 15.9 Å². The van der Waals surface area contributed by atoms with Gasteiger partial charge in [0.1, 0.15) is 5.75 Å². The molecule has 2 unspecified atom stereocenters. The molecule has 1 aliphatic heterocycles. The van der Waals surface area contributed by atoms with Crippen molar-refractivity contribution in [2.45, 2.75) is 25.5 Å². The van der Waals surface area contributed by atoms with Crippen molar-refractivity contribution in [3.05, 3.63) is 64.1 Å². The zero-order chi connectivity index (χ0) is 16.9. The molecular weight excluding hydrogens is 366 g/mol. The molecule has 1 fully saturated rings. The summed E-state index contributed by atoms with van der Waals surface area (Å²) in [7, 11) is 1.67. The molecule has 4 heteroatoms. The summed E-state index contributed by atoms with van der Waals surface area (Å²) in [6.07, 6.45) is 1.50. The first-order valence-electron chi connectivity index (χ1n) is 8.42. The Kier molecular flexibility index (Phi) is 5.93. The normalized spacial score (nSPS) is 21.6. The molecule has 0 aromatic heterocycles. The van der Waals surface area contributed by atoms with Gasteiger partial charge < -0.3 is 9.84 Å². The molecule has 0 saturated carbocycles. The molecule has 0 amide bonds. The second-order valence-electron chi connectivity index (χ2n) is 6.51. The van der Waals surface area contributed by atoms with E-state index in [1.807, 2.05) is 12.1 Å². The molecule has 2 aromatic rings. The van der Waals surface area contributed by atoms with Crippen LogP contribution in [0.2, 0.25) is 0 Å². The van der Waals surface area contributed by atoms with Crippen LogP contribution >= 0.6 is 15.9 Å². The number of rotatable bonds is 5. The van der Waals surface area contributed by atoms with Crippen LogP contribution in [-0.2, 0) is 13.0 Å². The fraction of sp³-hybridized carbons (Fsp3) is 0.400. The molecule has 2 aromatic carbocycles. The Bertz CT molecular complexity index is 662. The van der Waals surface area contributed by atoms with Crippen LogP contribution in [0.4, 0.5) is 0 Å². The SMILES string of the molecule is COc1ccc(CC2CN(Cc3ccccc3)CCC2O)cc1Br. The molecule has 128 valence electrons. The standard InChI is InChI=1S/C20H24BrNO2/c1-24-20-8-7-16(12-18(20)21)11-17-14-22(10-9-19(17)23)13-15-5-3-2-4-6-15/h2-8,12,17,19,23H,9-11,13-14H2,1H3. The molecule has 0 bridgehead atoms. The van der Waals surface area contributed by atoms with Crippen LogP contribution in [0.1, 0.15) is 17.5 Å². The van der Waals surface area contributed by atoms with Gasteiger partial charge in [-0.15, -0.1) is 0 Å². The maximum atomic E-state index is 10.4. The van der Waals surface area contributed by atoms with Crippen molar-refractivity contribution in [1.82, 2.24) is 4.90 Å². The molecule has 1 N–H and O–H groups in total. The summed E-state index contributed by atoms with van der Waals surface area (Å²) in [5, 5.41) is 10.4. The molecule has 24 heavy (non-hydrogen) atoms. The highest BCUT2D eigenvalue weighted by Gasteiger charge is 2.28. The van der Waals surface area contributed by atoms with E-state index < -0.39 is 0 Å². The Hall–Kier alpha value is -1.36. The topological polar surface area (TPSA) is 32.7 Å². The molecule has 3 nitrogen and oxygen atoms in total. The van der Waals surface area contributed by atoms with Gasteiger partial charge in [-0.2, -0.15) is 0 Å². The van der Waals surface area contributed by atoms with E-state index in [2.05, 4.69) is 57.2 Å². The number of aliphatic hydroxyl groups excluding tert-OH is 1. The summed E-state index contributed by atoms with van der Waals surface area (Å²) >= 11 is 3.55. The van der Waals surface area contributed by atoms with E-state index in [0.717, 1.165) is 42.7 Å². The third kappa shape index (κ3) is 4.38. The second kappa shape index (κ2) is 8.15. The maximum absolute atomic E-state index is 10.4. The van der Waals surface area contributed by atoms with Crippen LogP contribution in [0, 0.1) is 5.92 Å². The van der Waals surface area contributed by atoms with Crippen molar-refractivity contribution in [3.63, 3.8) is 0 Å². The van der Waals surface area contributed by atoms with Crippen LogP contribution in [0.15, 0.2) is 53.0 Å². The molecule has 2 atom stereocenters. The number of ether oxygens (including phenoxy) is 1. The summed E-state index contributed by atoms with van der Waals surface area (Å²) < 4.78 is 6.26. The van der Waals surface area contributed by atoms with Crippen LogP contribution in [-0.4, -0.2) is 36.3 Å². The van der Waals surface area contributed by atoms with Crippen molar-refractivity contribution in [2.24, 2.45) is 5.92 Å². The lowest BCUT2D eigenvalue weighted by Crippen LogP contribution is -2.43. The van der Waals surface area contributed by atoms with Crippen molar-refractivity contribution in [2.75, 3.05) is 20.2 Å². The van der Waals surface area contributed by atoms with E-state index >= 15 is 0 Å². The molecule has 0 radical (unpaired) electrons. The van der Waals surface area contributed by atoms with Gasteiger partial charge in [0, 0.05) is 25.6 Å². The molecule has 1 saturated heterocycles. The van der Waals surface area contributed by atoms with Gasteiger partial charge in [-0.1, -0.05) is 36.4 Å². The Morgan fingerprint density at radius 1 is 1.17 bits per heavy atom. The summed E-state index contributed by atoms with van der Waals surface area (Å²) in [6.45, 7) is 2.84. The highest BCUT2D eigenvalue weighted by atomic mass is 79.9. The third-order valence-electron chi connectivity index (χ3n) is 4.74. The van der Waals surface area contributed by atoms with Gasteiger partial charge >= 0.3 is 0 Å². The number of aliphatic hydroxyl groups is 1. The molecule has 0 aliphatic carbocycles. The van der Waals surface area contributed by atoms with Gasteiger partial charge in [0.2, 0.25) is 0 Å². The van der Waals surface area contributed by atoms with Gasteiger partial charge in [0.15, 0.2) is 0 Å². The molecule has 0 spiro atoms. The van der Waals surface area contributed by atoms with E-state index in [1.54, 1.807) is 7.11 Å². The minimum atomic E-state index is -0.224. The number of piperidine rings is 1. The molecule has 1 aliphatic rings. The van der Waals surface area contributed by atoms with Gasteiger partial charge in [-0.3, -0.25) is 4.90 Å². The van der Waals surface area contributed by atoms with Gasteiger partial charge in [0.25, 0.3) is 0 Å². The lowest BCUT2D eigenvalue weighted by molar-refractivity contribution is 0.0239. The third-order valence-corrected chi connectivity index (χ3v) is 5.36. The van der Waals surface area contributed by atoms with E-state index in [0.29, 0.717) is 0 Å². The van der Waals surface area contributed by atoms with E-state index in [1.165, 1.54) is 11.1 Å². The van der Waals surface area contributed by atoms with Crippen molar-refractivity contribution < 1.29 is 9.84 Å². The van der Waals surface area contributed by atoms with Crippen molar-refractivity contribution in [3.8, 4) is 5.75 Å². The lowest BCUT2D eigenvalue weighted by Gasteiger charge is -2.36. The number of methoxy groups -OCH3 is 1. The zero-order valence-electron chi connectivity index (χ0n) is 14.0. The number of halogens is 1. The van der Waals surface area contributed by atoms with E-state index in [-0.39, 0.29) is 12.0 Å². The Morgan fingerprint density at radius 2 is 1.96 bits per heavy atom. The van der Waals surface area contributed by atoms with Crippen LogP contribution < -0.4 is 4.74 Å². The Balaban J connectivity index is 1.64. The Morgan fingerprint density at radius 3 is 2.67 bits per heavy atom. The second-order valence-corrected chi connectivity index (χ2v) is 7.36. The van der Waals surface area contributed by atoms with Crippen molar-refractivity contribution in [1.29, 1.82) is 0 Å². The summed E-state index contributed by atoms with van der Waals surface area (Å²) in [5.74, 6) is 1.11. The van der Waals surface area contributed by atoms with E-state index in [4.69, 9.17) is 4.74 Å². The average Bonchev–Trinajstić information content (AvgIpc) is 2.59. The number of benzene rings is 2. The Labute approximate surface area is 152 Å². The quantitative estimate of drug-likeness (QED) is 0.841. The van der Waals surface area contributed by atoms with Crippen LogP contribution in [0.3, 0.4) is 0 Å². The average molecular weight is 390 g/mol. The van der Waals surface area contributed by atoms with Gasteiger partial charge in [-0.25, -0.2) is 0 Å². The molecule has 1 heterocycles. The number of hydrogen-bond acceptors (Lipinski definition) is 3. The largest absolute Gasteiger partial charge is 0.496 e. The zero-order valence-corrected chi connectivity index (χ0v) is 15.6.